The van der Waals surface area contributed by atoms with Gasteiger partial charge in [-0.1, -0.05) is 12.8 Å². The van der Waals surface area contributed by atoms with Gasteiger partial charge in [-0.2, -0.15) is 0 Å². The van der Waals surface area contributed by atoms with Crippen LogP contribution in [0.4, 0.5) is 0 Å². The minimum absolute atomic E-state index is 0.194. The Hall–Kier alpha value is -0.290. The summed E-state index contributed by atoms with van der Waals surface area (Å²) in [5.41, 5.74) is 0. The van der Waals surface area contributed by atoms with Gasteiger partial charge in [0.2, 0.25) is 0 Å². The van der Waals surface area contributed by atoms with E-state index in [1.807, 2.05) is 0 Å². The first-order chi connectivity index (χ1) is 4.25. The average Bonchev–Trinajstić information content (AvgIpc) is 2.15. The number of carbonyl (C=O) groups is 1. The highest BCUT2D eigenvalue weighted by Gasteiger charge is 2.23. The van der Waals surface area contributed by atoms with Crippen molar-refractivity contribution in [3.8, 4) is 0 Å². The predicted molar refractivity (Wildman–Crippen MR) is 41.3 cm³/mol. The Morgan fingerprint density at radius 1 is 2.00 bits per heavy atom. The van der Waals surface area contributed by atoms with Gasteiger partial charge < -0.3 is 10.1 Å². The van der Waals surface area contributed by atoms with E-state index in [9.17, 15) is 4.79 Å². The van der Waals surface area contributed by atoms with Gasteiger partial charge in [0.15, 0.2) is 5.11 Å². The number of nitrogens with one attached hydrogen (secondary N) is 1. The van der Waals surface area contributed by atoms with Crippen LogP contribution in [0, 0.1) is 0 Å². The number of thiocarbonyl (C=S) groups is 1. The highest BCUT2D eigenvalue weighted by molar-refractivity contribution is 7.84. The van der Waals surface area contributed by atoms with Gasteiger partial charge in [-0.15, -0.1) is 0 Å². The molecule has 9 heavy (non-hydrogen) atoms. The van der Waals surface area contributed by atoms with Crippen molar-refractivity contribution in [2.45, 2.75) is 6.04 Å². The third-order valence-corrected chi connectivity index (χ3v) is 2.11. The summed E-state index contributed by atoms with van der Waals surface area (Å²) in [7, 11) is 0. The lowest BCUT2D eigenvalue weighted by atomic mass is 10.4. The van der Waals surface area contributed by atoms with Crippen LogP contribution in [0.25, 0.3) is 0 Å². The van der Waals surface area contributed by atoms with E-state index in [1.165, 1.54) is 4.31 Å². The summed E-state index contributed by atoms with van der Waals surface area (Å²) in [6, 6.07) is -0.194. The third-order valence-electron chi connectivity index (χ3n) is 1.14. The van der Waals surface area contributed by atoms with Gasteiger partial charge in [-0.05, 0) is 12.2 Å². The molecule has 1 saturated heterocycles. The molecule has 1 unspecified atom stereocenters. The average molecular weight is 162 g/mol. The van der Waals surface area contributed by atoms with Crippen LogP contribution in [0.1, 0.15) is 0 Å². The largest absolute Gasteiger partial charge is 0.359 e. The van der Waals surface area contributed by atoms with Crippen molar-refractivity contribution < 1.29 is 4.79 Å². The molecule has 1 N–H and O–H groups in total. The van der Waals surface area contributed by atoms with Crippen molar-refractivity contribution in [1.82, 2.24) is 9.62 Å². The van der Waals surface area contributed by atoms with Crippen LogP contribution >= 0.6 is 25.0 Å². The second-order valence-electron chi connectivity index (χ2n) is 1.73. The highest BCUT2D eigenvalue weighted by Crippen LogP contribution is 2.06. The summed E-state index contributed by atoms with van der Waals surface area (Å²) in [5.74, 6) is 0. The maximum absolute atomic E-state index is 10.2. The van der Waals surface area contributed by atoms with Crippen LogP contribution in [-0.2, 0) is 4.79 Å². The second kappa shape index (κ2) is 2.53. The smallest absolute Gasteiger partial charge is 0.179 e. The molecule has 3 nitrogen and oxygen atoms in total. The van der Waals surface area contributed by atoms with Gasteiger partial charge in [-0.25, -0.2) is 0 Å². The third kappa shape index (κ3) is 1.16. The highest BCUT2D eigenvalue weighted by atomic mass is 32.1. The quantitative estimate of drug-likeness (QED) is 0.312. The van der Waals surface area contributed by atoms with Gasteiger partial charge in [0.25, 0.3) is 0 Å². The molecule has 0 amide bonds. The molecular weight excluding hydrogens is 156 g/mol. The first kappa shape index (κ1) is 6.82. The predicted octanol–water partition coefficient (Wildman–Crippen LogP) is -0.411. The minimum Gasteiger partial charge on any atom is -0.359 e. The van der Waals surface area contributed by atoms with E-state index in [0.717, 1.165) is 6.29 Å². The van der Waals surface area contributed by atoms with Crippen LogP contribution < -0.4 is 5.32 Å². The van der Waals surface area contributed by atoms with Gasteiger partial charge in [-0.3, -0.25) is 4.31 Å². The molecule has 50 valence electrons. The van der Waals surface area contributed by atoms with Gasteiger partial charge in [0, 0.05) is 6.54 Å². The molecule has 1 rings (SSSR count). The monoisotopic (exact) mass is 162 g/mol. The lowest BCUT2D eigenvalue weighted by Gasteiger charge is -2.10. The minimum atomic E-state index is -0.194. The van der Waals surface area contributed by atoms with E-state index in [0.29, 0.717) is 11.7 Å². The molecule has 0 bridgehead atoms. The first-order valence-corrected chi connectivity index (χ1v) is 3.28. The van der Waals surface area contributed by atoms with Crippen LogP contribution in [0.2, 0.25) is 0 Å². The summed E-state index contributed by atoms with van der Waals surface area (Å²) in [4.78, 5) is 10.2. The zero-order valence-corrected chi connectivity index (χ0v) is 6.28. The maximum atomic E-state index is 10.2. The zero-order chi connectivity index (χ0) is 6.85. The molecule has 0 saturated carbocycles. The van der Waals surface area contributed by atoms with E-state index in [1.54, 1.807) is 0 Å². The molecule has 0 spiro atoms. The van der Waals surface area contributed by atoms with Crippen LogP contribution in [0.5, 0.6) is 0 Å². The van der Waals surface area contributed by atoms with Gasteiger partial charge >= 0.3 is 0 Å². The summed E-state index contributed by atoms with van der Waals surface area (Å²) < 4.78 is 1.45. The fourth-order valence-electron chi connectivity index (χ4n) is 0.616. The standard InChI is InChI=1S/C4H6N2OS2/c7-2-3-1-5-4(8)6(3)9/h2-3,9H,1H2,(H,5,8). The number of carbonyl (C=O) groups excluding carboxylic acids is 1. The molecule has 0 radical (unpaired) electrons. The summed E-state index contributed by atoms with van der Waals surface area (Å²) in [6.45, 7) is 0.575. The number of aldehydes is 1. The Kier molecular flexibility index (Phi) is 1.92. The second-order valence-corrected chi connectivity index (χ2v) is 2.55. The molecule has 0 aromatic heterocycles. The molecule has 0 aromatic rings. The summed E-state index contributed by atoms with van der Waals surface area (Å²) >= 11 is 8.73. The number of thiol groups is 1. The van der Waals surface area contributed by atoms with Crippen LogP contribution in [0.15, 0.2) is 0 Å². The van der Waals surface area contributed by atoms with Crippen molar-refractivity contribution in [2.24, 2.45) is 0 Å². The van der Waals surface area contributed by atoms with E-state index < -0.39 is 0 Å². The lowest BCUT2D eigenvalue weighted by Crippen LogP contribution is -2.25. The number of hydrogen-bond acceptors (Lipinski definition) is 3. The first-order valence-electron chi connectivity index (χ1n) is 2.47. The molecule has 1 aliphatic rings. The lowest BCUT2D eigenvalue weighted by molar-refractivity contribution is -0.109. The summed E-state index contributed by atoms with van der Waals surface area (Å²) in [6.07, 6.45) is 0.819. The molecular formula is C4H6N2OS2. The van der Waals surface area contributed by atoms with Crippen molar-refractivity contribution >= 4 is 36.4 Å². The Morgan fingerprint density at radius 2 is 2.67 bits per heavy atom. The van der Waals surface area contributed by atoms with Crippen LogP contribution in [-0.4, -0.2) is 28.3 Å². The normalized spacial score (nSPS) is 26.1. The van der Waals surface area contributed by atoms with E-state index >= 15 is 0 Å². The Labute approximate surface area is 63.9 Å². The SMILES string of the molecule is O=CC1CNC(=S)N1S. The van der Waals surface area contributed by atoms with Crippen molar-refractivity contribution in [3.63, 3.8) is 0 Å². The van der Waals surface area contributed by atoms with E-state index in [4.69, 9.17) is 12.2 Å². The number of rotatable bonds is 1. The maximum Gasteiger partial charge on any atom is 0.179 e. The number of hydrogen-bond donors (Lipinski definition) is 2. The molecule has 0 aliphatic carbocycles. The van der Waals surface area contributed by atoms with Gasteiger partial charge in [0.05, 0.1) is 0 Å². The molecule has 0 aromatic carbocycles. The molecule has 1 fully saturated rings. The van der Waals surface area contributed by atoms with E-state index in [2.05, 4.69) is 18.1 Å². The van der Waals surface area contributed by atoms with Crippen molar-refractivity contribution in [2.75, 3.05) is 6.54 Å². The fourth-order valence-corrected chi connectivity index (χ4v) is 1.04. The van der Waals surface area contributed by atoms with Crippen LogP contribution in [0.3, 0.4) is 0 Å². The Bertz CT molecular complexity index is 150. The molecule has 1 atom stereocenters. The summed E-state index contributed by atoms with van der Waals surface area (Å²) in [5, 5.41) is 3.34. The van der Waals surface area contributed by atoms with Gasteiger partial charge in [0.1, 0.15) is 12.3 Å². The zero-order valence-electron chi connectivity index (χ0n) is 4.57. The Balaban J connectivity index is 2.61. The molecule has 5 heteroatoms. The fraction of sp³-hybridized carbons (Fsp3) is 0.500. The van der Waals surface area contributed by atoms with E-state index in [-0.39, 0.29) is 6.04 Å². The Morgan fingerprint density at radius 3 is 2.89 bits per heavy atom. The topological polar surface area (TPSA) is 32.3 Å². The molecule has 1 heterocycles. The van der Waals surface area contributed by atoms with Crippen molar-refractivity contribution in [1.29, 1.82) is 0 Å². The number of nitrogens with zero attached hydrogens (tertiary/aromatic N) is 1. The molecule has 1 aliphatic heterocycles. The van der Waals surface area contributed by atoms with Crippen molar-refractivity contribution in [3.05, 3.63) is 0 Å².